The first-order chi connectivity index (χ1) is 7.81. The summed E-state index contributed by atoms with van der Waals surface area (Å²) in [4.78, 5) is 0. The van der Waals surface area contributed by atoms with Crippen molar-refractivity contribution in [1.29, 1.82) is 0 Å². The summed E-state index contributed by atoms with van der Waals surface area (Å²) < 4.78 is 0. The van der Waals surface area contributed by atoms with Crippen LogP contribution in [0.15, 0.2) is 24.8 Å². The van der Waals surface area contributed by atoms with Crippen molar-refractivity contribution >= 4 is 0 Å². The average molecular weight is 214 g/mol. The molecule has 16 heavy (non-hydrogen) atoms. The van der Waals surface area contributed by atoms with Crippen LogP contribution in [-0.2, 0) is 0 Å². The largest absolute Gasteiger partial charge is 0.103 e. The average Bonchev–Trinajstić information content (AvgIpc) is 2.97. The molecule has 3 fully saturated rings. The SMILES string of the molecule is C=CCC1C(C)C2CC1C1C3C=CC(C3)C21. The van der Waals surface area contributed by atoms with Gasteiger partial charge in [0.05, 0.1) is 0 Å². The monoisotopic (exact) mass is 214 g/mol. The normalized spacial score (nSPS) is 60.6. The highest BCUT2D eigenvalue weighted by Crippen LogP contribution is 2.69. The predicted molar refractivity (Wildman–Crippen MR) is 66.8 cm³/mol. The van der Waals surface area contributed by atoms with E-state index in [1.54, 1.807) is 6.42 Å². The zero-order valence-corrected chi connectivity index (χ0v) is 10.2. The molecule has 0 amide bonds. The van der Waals surface area contributed by atoms with Gasteiger partial charge in [0.25, 0.3) is 0 Å². The summed E-state index contributed by atoms with van der Waals surface area (Å²) in [5, 5.41) is 0. The second-order valence-corrected chi connectivity index (χ2v) is 6.71. The van der Waals surface area contributed by atoms with Gasteiger partial charge in [-0.05, 0) is 66.6 Å². The molecule has 86 valence electrons. The lowest BCUT2D eigenvalue weighted by molar-refractivity contribution is 0.0992. The topological polar surface area (TPSA) is 0 Å². The number of allylic oxidation sites excluding steroid dienone is 3. The van der Waals surface area contributed by atoms with Crippen molar-refractivity contribution in [2.45, 2.75) is 26.2 Å². The van der Waals surface area contributed by atoms with Crippen LogP contribution in [0.4, 0.5) is 0 Å². The summed E-state index contributed by atoms with van der Waals surface area (Å²) in [5.41, 5.74) is 0. The van der Waals surface area contributed by atoms with Crippen LogP contribution < -0.4 is 0 Å². The van der Waals surface area contributed by atoms with Crippen LogP contribution in [0.2, 0.25) is 0 Å². The Labute approximate surface area is 98.8 Å². The molecular formula is C16H22. The van der Waals surface area contributed by atoms with Crippen molar-refractivity contribution in [3.8, 4) is 0 Å². The molecule has 0 radical (unpaired) electrons. The van der Waals surface area contributed by atoms with Gasteiger partial charge < -0.3 is 0 Å². The van der Waals surface area contributed by atoms with Gasteiger partial charge in [-0.15, -0.1) is 6.58 Å². The van der Waals surface area contributed by atoms with E-state index < -0.39 is 0 Å². The molecule has 4 bridgehead atoms. The minimum Gasteiger partial charge on any atom is -0.103 e. The third-order valence-electron chi connectivity index (χ3n) is 6.46. The van der Waals surface area contributed by atoms with Gasteiger partial charge in [-0.25, -0.2) is 0 Å². The quantitative estimate of drug-likeness (QED) is 0.483. The highest BCUT2D eigenvalue weighted by molar-refractivity contribution is 5.21. The number of hydrogen-bond donors (Lipinski definition) is 0. The molecule has 0 saturated heterocycles. The Morgan fingerprint density at radius 3 is 2.50 bits per heavy atom. The molecule has 0 aromatic carbocycles. The highest BCUT2D eigenvalue weighted by atomic mass is 14.7. The fourth-order valence-electron chi connectivity index (χ4n) is 6.05. The van der Waals surface area contributed by atoms with Gasteiger partial charge in [-0.3, -0.25) is 0 Å². The number of fused-ring (bicyclic) bond motifs is 9. The van der Waals surface area contributed by atoms with Crippen molar-refractivity contribution in [2.24, 2.45) is 47.3 Å². The van der Waals surface area contributed by atoms with Crippen molar-refractivity contribution in [1.82, 2.24) is 0 Å². The van der Waals surface area contributed by atoms with Gasteiger partial charge in [0, 0.05) is 0 Å². The molecule has 0 heterocycles. The second-order valence-electron chi connectivity index (χ2n) is 6.71. The van der Waals surface area contributed by atoms with E-state index in [0.717, 1.165) is 47.3 Å². The van der Waals surface area contributed by atoms with Gasteiger partial charge in [0.2, 0.25) is 0 Å². The van der Waals surface area contributed by atoms with Gasteiger partial charge in [-0.2, -0.15) is 0 Å². The van der Waals surface area contributed by atoms with Crippen molar-refractivity contribution in [2.75, 3.05) is 0 Å². The summed E-state index contributed by atoms with van der Waals surface area (Å²) in [6.45, 7) is 6.48. The Morgan fingerprint density at radius 1 is 1.12 bits per heavy atom. The van der Waals surface area contributed by atoms with Crippen LogP contribution in [0.1, 0.15) is 26.2 Å². The standard InChI is InChI=1S/C16H22/c1-3-4-12-9(2)13-8-14(12)16-11-6-5-10(7-11)15(13)16/h3,5-6,9-16H,1,4,7-8H2,2H3. The highest BCUT2D eigenvalue weighted by Gasteiger charge is 2.62. The molecule has 0 aliphatic heterocycles. The minimum absolute atomic E-state index is 0.963. The second kappa shape index (κ2) is 3.03. The summed E-state index contributed by atoms with van der Waals surface area (Å²) in [6.07, 6.45) is 11.6. The molecule has 0 N–H and O–H groups in total. The van der Waals surface area contributed by atoms with Crippen molar-refractivity contribution < 1.29 is 0 Å². The Kier molecular flexibility index (Phi) is 1.80. The fraction of sp³-hybridized carbons (Fsp3) is 0.750. The minimum atomic E-state index is 0.963. The van der Waals surface area contributed by atoms with E-state index in [0.29, 0.717) is 0 Å². The van der Waals surface area contributed by atoms with E-state index in [2.05, 4.69) is 31.7 Å². The molecule has 4 aliphatic carbocycles. The van der Waals surface area contributed by atoms with Crippen LogP contribution >= 0.6 is 0 Å². The fourth-order valence-corrected chi connectivity index (χ4v) is 6.05. The van der Waals surface area contributed by atoms with Crippen molar-refractivity contribution in [3.63, 3.8) is 0 Å². The first kappa shape index (κ1) is 9.50. The van der Waals surface area contributed by atoms with Crippen LogP contribution in [0.5, 0.6) is 0 Å². The lowest BCUT2D eigenvalue weighted by Gasteiger charge is -2.40. The Bertz CT molecular complexity index is 353. The molecule has 4 aliphatic rings. The Morgan fingerprint density at radius 2 is 1.81 bits per heavy atom. The first-order valence-corrected chi connectivity index (χ1v) is 7.10. The molecule has 8 unspecified atom stereocenters. The van der Waals surface area contributed by atoms with E-state index in [1.807, 2.05) is 0 Å². The van der Waals surface area contributed by atoms with Crippen LogP contribution in [0.3, 0.4) is 0 Å². The Balaban J connectivity index is 1.69. The molecule has 3 saturated carbocycles. The third kappa shape index (κ3) is 0.931. The molecule has 0 spiro atoms. The van der Waals surface area contributed by atoms with Gasteiger partial charge in [0.1, 0.15) is 0 Å². The van der Waals surface area contributed by atoms with Gasteiger partial charge >= 0.3 is 0 Å². The van der Waals surface area contributed by atoms with E-state index >= 15 is 0 Å². The summed E-state index contributed by atoms with van der Waals surface area (Å²) in [7, 11) is 0. The lowest BCUT2D eigenvalue weighted by atomic mass is 9.64. The van der Waals surface area contributed by atoms with Crippen LogP contribution in [0, 0.1) is 47.3 Å². The summed E-state index contributed by atoms with van der Waals surface area (Å²) in [5.74, 6) is 8.12. The Hall–Kier alpha value is -0.520. The predicted octanol–water partition coefficient (Wildman–Crippen LogP) is 3.90. The molecule has 0 heteroatoms. The third-order valence-corrected chi connectivity index (χ3v) is 6.46. The van der Waals surface area contributed by atoms with E-state index in [9.17, 15) is 0 Å². The zero-order valence-electron chi connectivity index (χ0n) is 10.2. The van der Waals surface area contributed by atoms with E-state index in [-0.39, 0.29) is 0 Å². The number of hydrogen-bond acceptors (Lipinski definition) is 0. The lowest BCUT2D eigenvalue weighted by Crippen LogP contribution is -2.35. The molecular weight excluding hydrogens is 192 g/mol. The maximum atomic E-state index is 3.96. The molecule has 0 aromatic rings. The van der Waals surface area contributed by atoms with Crippen LogP contribution in [-0.4, -0.2) is 0 Å². The van der Waals surface area contributed by atoms with Crippen molar-refractivity contribution in [3.05, 3.63) is 24.8 Å². The smallest absolute Gasteiger partial charge is 0.0194 e. The maximum Gasteiger partial charge on any atom is -0.0194 e. The molecule has 8 atom stereocenters. The van der Waals surface area contributed by atoms with Gasteiger partial charge in [0.15, 0.2) is 0 Å². The number of rotatable bonds is 2. The summed E-state index contributed by atoms with van der Waals surface area (Å²) >= 11 is 0. The van der Waals surface area contributed by atoms with E-state index in [1.165, 1.54) is 12.8 Å². The first-order valence-electron chi connectivity index (χ1n) is 7.10. The van der Waals surface area contributed by atoms with Crippen LogP contribution in [0.25, 0.3) is 0 Å². The summed E-state index contributed by atoms with van der Waals surface area (Å²) in [6, 6.07) is 0. The van der Waals surface area contributed by atoms with E-state index in [4.69, 9.17) is 0 Å². The molecule has 4 rings (SSSR count). The zero-order chi connectivity index (χ0) is 10.9. The molecule has 0 nitrogen and oxygen atoms in total. The van der Waals surface area contributed by atoms with Gasteiger partial charge in [-0.1, -0.05) is 25.2 Å². The maximum absolute atomic E-state index is 3.96. The molecule has 0 aromatic heterocycles.